The van der Waals surface area contributed by atoms with Gasteiger partial charge in [0.05, 0.1) is 19.9 Å². The summed E-state index contributed by atoms with van der Waals surface area (Å²) in [5.74, 6) is 0.855. The maximum atomic E-state index is 13.8. The highest BCUT2D eigenvalue weighted by Crippen LogP contribution is 2.38. The first-order valence-electron chi connectivity index (χ1n) is 16.3. The molecule has 1 aromatic heterocycles. The summed E-state index contributed by atoms with van der Waals surface area (Å²) in [6.07, 6.45) is 1.49. The molecular weight excluding hydrogens is 675 g/mol. The molecule has 0 spiro atoms. The lowest BCUT2D eigenvalue weighted by Crippen LogP contribution is -2.30. The summed E-state index contributed by atoms with van der Waals surface area (Å²) >= 11 is 1.36. The lowest BCUT2D eigenvalue weighted by atomic mass is 10.1. The molecule has 0 radical (unpaired) electrons. The first-order valence-corrected chi connectivity index (χ1v) is 17.2. The molecule has 0 bridgehead atoms. The maximum Gasteiger partial charge on any atom is 0.272 e. The Balaban J connectivity index is 1.20. The minimum atomic E-state index is -0.616. The highest BCUT2D eigenvalue weighted by Gasteiger charge is 2.24. The molecule has 1 atom stereocenters. The van der Waals surface area contributed by atoms with Gasteiger partial charge in [-0.05, 0) is 66.2 Å². The molecule has 0 aliphatic heterocycles. The first-order chi connectivity index (χ1) is 25.4. The molecule has 0 fully saturated rings. The van der Waals surface area contributed by atoms with Crippen molar-refractivity contribution in [2.24, 2.45) is 0 Å². The second kappa shape index (κ2) is 16.9. The van der Waals surface area contributed by atoms with Crippen LogP contribution in [0.2, 0.25) is 0 Å². The third kappa shape index (κ3) is 8.98. The number of benzene rings is 5. The molecule has 10 heteroatoms. The largest absolute Gasteiger partial charge is 0.497 e. The second-order valence-corrected chi connectivity index (χ2v) is 12.6. The van der Waals surface area contributed by atoms with E-state index in [-0.39, 0.29) is 11.6 Å². The zero-order valence-electron chi connectivity index (χ0n) is 28.4. The number of hydrogen-bond acceptors (Lipinski definition) is 7. The normalized spacial score (nSPS) is 11.6. The molecular formula is C42H35N3O6S. The Hall–Kier alpha value is -6.52. The van der Waals surface area contributed by atoms with E-state index in [9.17, 15) is 14.4 Å². The van der Waals surface area contributed by atoms with Gasteiger partial charge in [0.25, 0.3) is 11.8 Å². The quantitative estimate of drug-likeness (QED) is 0.0810. The molecule has 3 N–H and O–H groups in total. The van der Waals surface area contributed by atoms with Crippen LogP contribution in [-0.2, 0) is 9.59 Å². The van der Waals surface area contributed by atoms with Gasteiger partial charge >= 0.3 is 0 Å². The molecule has 6 aromatic rings. The third-order valence-electron chi connectivity index (χ3n) is 7.87. The third-order valence-corrected chi connectivity index (χ3v) is 9.14. The van der Waals surface area contributed by atoms with Crippen molar-refractivity contribution < 1.29 is 28.3 Å². The van der Waals surface area contributed by atoms with Gasteiger partial charge in [-0.3, -0.25) is 14.4 Å². The van der Waals surface area contributed by atoms with Gasteiger partial charge in [-0.25, -0.2) is 0 Å². The van der Waals surface area contributed by atoms with Crippen LogP contribution in [0.1, 0.15) is 26.9 Å². The van der Waals surface area contributed by atoms with Crippen molar-refractivity contribution in [2.45, 2.75) is 10.1 Å². The number of anilines is 2. The van der Waals surface area contributed by atoms with Crippen molar-refractivity contribution in [3.8, 4) is 22.8 Å². The average molecular weight is 710 g/mol. The van der Waals surface area contributed by atoms with Crippen molar-refractivity contribution in [2.75, 3.05) is 24.9 Å². The molecule has 1 heterocycles. The fourth-order valence-corrected chi connectivity index (χ4v) is 6.26. The summed E-state index contributed by atoms with van der Waals surface area (Å²) in [7, 11) is 3.09. The monoisotopic (exact) mass is 709 g/mol. The Kier molecular flexibility index (Phi) is 11.5. The van der Waals surface area contributed by atoms with Crippen LogP contribution in [0.4, 0.5) is 11.4 Å². The molecule has 0 saturated heterocycles. The standard InChI is InChI=1S/C42H35N3O6S/c1-49-32-20-25-38(50-2)35(26-32)44-42(48)39(29-14-8-4-9-15-29)52-34-22-18-31(19-23-34)43-41(47)36(45-40(46)30-16-10-5-11-17-30)27-33-21-24-37(51-33)28-12-6-3-7-13-28/h3-27,39H,1-2H3,(H,43,47)(H,44,48)(H,45,46)/b36-27+/t39-/m0/s1. The summed E-state index contributed by atoms with van der Waals surface area (Å²) in [5.41, 5.74) is 3.05. The number of thioether (sulfide) groups is 1. The number of carbonyl (C=O) groups excluding carboxylic acids is 3. The van der Waals surface area contributed by atoms with E-state index in [1.165, 1.54) is 24.9 Å². The number of furan rings is 1. The summed E-state index contributed by atoms with van der Waals surface area (Å²) < 4.78 is 16.8. The Labute approximate surface area is 305 Å². The van der Waals surface area contributed by atoms with Crippen LogP contribution in [0.5, 0.6) is 11.5 Å². The number of ether oxygens (including phenoxy) is 2. The van der Waals surface area contributed by atoms with Crippen molar-refractivity contribution in [1.82, 2.24) is 5.32 Å². The van der Waals surface area contributed by atoms with Gasteiger partial charge in [-0.15, -0.1) is 11.8 Å². The van der Waals surface area contributed by atoms with E-state index in [2.05, 4.69) is 16.0 Å². The number of nitrogens with one attached hydrogen (secondary N) is 3. The fourth-order valence-electron chi connectivity index (χ4n) is 5.23. The van der Waals surface area contributed by atoms with Crippen LogP contribution in [0.25, 0.3) is 17.4 Å². The van der Waals surface area contributed by atoms with Gasteiger partial charge in [0.15, 0.2) is 0 Å². The van der Waals surface area contributed by atoms with Crippen LogP contribution in [-0.4, -0.2) is 31.9 Å². The van der Waals surface area contributed by atoms with Crippen molar-refractivity contribution in [3.63, 3.8) is 0 Å². The molecule has 0 aliphatic carbocycles. The SMILES string of the molecule is COc1ccc(OC)c(NC(=O)[C@@H](Sc2ccc(NC(=O)/C(=C\c3ccc(-c4ccccc4)o3)NC(=O)c3ccccc3)cc2)c2ccccc2)c1. The maximum absolute atomic E-state index is 13.8. The predicted octanol–water partition coefficient (Wildman–Crippen LogP) is 8.85. The molecule has 9 nitrogen and oxygen atoms in total. The topological polar surface area (TPSA) is 119 Å². The molecule has 260 valence electrons. The van der Waals surface area contributed by atoms with Crippen LogP contribution in [0.15, 0.2) is 161 Å². The molecule has 0 unspecified atom stereocenters. The molecule has 0 aliphatic rings. The van der Waals surface area contributed by atoms with E-state index in [4.69, 9.17) is 13.9 Å². The van der Waals surface area contributed by atoms with Crippen molar-refractivity contribution >= 4 is 46.9 Å². The fraction of sp³-hybridized carbons (Fsp3) is 0.0714. The summed E-state index contributed by atoms with van der Waals surface area (Å²) in [6.45, 7) is 0. The van der Waals surface area contributed by atoms with Crippen LogP contribution >= 0.6 is 11.8 Å². The zero-order valence-corrected chi connectivity index (χ0v) is 29.2. The van der Waals surface area contributed by atoms with Crippen LogP contribution < -0.4 is 25.4 Å². The summed E-state index contributed by atoms with van der Waals surface area (Å²) in [4.78, 5) is 41.3. The van der Waals surface area contributed by atoms with E-state index in [1.54, 1.807) is 67.8 Å². The van der Waals surface area contributed by atoms with Gasteiger partial charge < -0.3 is 29.8 Å². The van der Waals surface area contributed by atoms with Gasteiger partial charge in [0, 0.05) is 33.9 Å². The van der Waals surface area contributed by atoms with Crippen molar-refractivity contribution in [3.05, 3.63) is 168 Å². The lowest BCUT2D eigenvalue weighted by molar-refractivity contribution is -0.116. The lowest BCUT2D eigenvalue weighted by Gasteiger charge is -2.19. The Morgan fingerprint density at radius 3 is 2.06 bits per heavy atom. The minimum absolute atomic E-state index is 0.00458. The number of methoxy groups -OCH3 is 2. The van der Waals surface area contributed by atoms with Gasteiger partial charge in [0.1, 0.15) is 34.0 Å². The molecule has 6 rings (SSSR count). The predicted molar refractivity (Wildman–Crippen MR) is 204 cm³/mol. The Morgan fingerprint density at radius 1 is 0.712 bits per heavy atom. The smallest absolute Gasteiger partial charge is 0.272 e. The number of amides is 3. The Morgan fingerprint density at radius 2 is 1.38 bits per heavy atom. The molecule has 5 aromatic carbocycles. The first kappa shape index (κ1) is 35.3. The minimum Gasteiger partial charge on any atom is -0.497 e. The highest BCUT2D eigenvalue weighted by molar-refractivity contribution is 8.00. The van der Waals surface area contributed by atoms with Crippen LogP contribution in [0.3, 0.4) is 0 Å². The summed E-state index contributed by atoms with van der Waals surface area (Å²) in [5, 5.41) is 7.99. The van der Waals surface area contributed by atoms with Gasteiger partial charge in [0.2, 0.25) is 5.91 Å². The average Bonchev–Trinajstić information content (AvgIpc) is 3.67. The number of rotatable bonds is 13. The van der Waals surface area contributed by atoms with Gasteiger partial charge in [-0.1, -0.05) is 78.9 Å². The van der Waals surface area contributed by atoms with Crippen molar-refractivity contribution in [1.29, 1.82) is 0 Å². The van der Waals surface area contributed by atoms with E-state index >= 15 is 0 Å². The number of hydrogen-bond donors (Lipinski definition) is 3. The second-order valence-electron chi connectivity index (χ2n) is 11.4. The molecule has 0 saturated carbocycles. The number of carbonyl (C=O) groups is 3. The van der Waals surface area contributed by atoms with Gasteiger partial charge in [-0.2, -0.15) is 0 Å². The van der Waals surface area contributed by atoms with E-state index in [1.807, 2.05) is 84.9 Å². The van der Waals surface area contributed by atoms with E-state index in [0.717, 1.165) is 16.0 Å². The van der Waals surface area contributed by atoms with E-state index < -0.39 is 17.1 Å². The summed E-state index contributed by atoms with van der Waals surface area (Å²) in [6, 6.07) is 43.5. The highest BCUT2D eigenvalue weighted by atomic mass is 32.2. The molecule has 52 heavy (non-hydrogen) atoms. The zero-order chi connectivity index (χ0) is 36.3. The van der Waals surface area contributed by atoms with E-state index in [0.29, 0.717) is 40.0 Å². The Bertz CT molecular complexity index is 2170. The van der Waals surface area contributed by atoms with Crippen LogP contribution in [0, 0.1) is 0 Å². The molecule has 3 amide bonds.